The molecule has 2 N–H and O–H groups in total. The molecule has 1 heterocycles. The van der Waals surface area contributed by atoms with E-state index in [9.17, 15) is 9.59 Å². The van der Waals surface area contributed by atoms with E-state index in [0.717, 1.165) is 12.8 Å². The fraction of sp³-hybridized carbons (Fsp3) is 0.500. The van der Waals surface area contributed by atoms with Crippen LogP contribution in [0.2, 0.25) is 0 Å². The largest absolute Gasteiger partial charge is 0.481 e. The van der Waals surface area contributed by atoms with Gasteiger partial charge >= 0.3 is 5.97 Å². The number of nitrogens with zero attached hydrogens (tertiary/aromatic N) is 1. The van der Waals surface area contributed by atoms with Crippen molar-refractivity contribution in [2.45, 2.75) is 32.6 Å². The van der Waals surface area contributed by atoms with Crippen LogP contribution in [0.1, 0.15) is 31.2 Å². The Balaban J connectivity index is 2.75. The summed E-state index contributed by atoms with van der Waals surface area (Å²) in [5.41, 5.74) is 0.201. The van der Waals surface area contributed by atoms with Gasteiger partial charge in [0.25, 0.3) is 5.56 Å². The Kier molecular flexibility index (Phi) is 4.03. The predicted molar refractivity (Wildman–Crippen MR) is 54.8 cm³/mol. The Bertz CT molecular complexity index is 398. The van der Waals surface area contributed by atoms with E-state index >= 15 is 0 Å². The Morgan fingerprint density at radius 1 is 1.53 bits per heavy atom. The number of rotatable bonds is 5. The molecular weight excluding hydrogens is 196 g/mol. The topological polar surface area (TPSA) is 83.0 Å². The van der Waals surface area contributed by atoms with Gasteiger partial charge in [-0.3, -0.25) is 9.59 Å². The highest BCUT2D eigenvalue weighted by atomic mass is 16.4. The number of carboxylic acid groups (broad SMARTS) is 1. The van der Waals surface area contributed by atoms with E-state index in [-0.39, 0.29) is 18.4 Å². The zero-order chi connectivity index (χ0) is 11.3. The maximum atomic E-state index is 11.4. The quantitative estimate of drug-likeness (QED) is 0.750. The summed E-state index contributed by atoms with van der Waals surface area (Å²) in [5.74, 6) is -0.256. The van der Waals surface area contributed by atoms with Crippen molar-refractivity contribution in [3.05, 3.63) is 27.9 Å². The standard InChI is InChI=1S/C10H14N2O3/c1-2-3-8-11-6-7(10(15)12-8)4-5-9(13)14/h6H,2-5H2,1H3,(H,13,14)(H,11,12,15). The molecule has 0 aliphatic rings. The minimum absolute atomic E-state index is 0.0438. The lowest BCUT2D eigenvalue weighted by atomic mass is 10.2. The number of H-pyrrole nitrogens is 1. The molecule has 0 atom stereocenters. The maximum absolute atomic E-state index is 11.4. The van der Waals surface area contributed by atoms with Crippen LogP contribution in [0.5, 0.6) is 0 Å². The molecule has 0 bridgehead atoms. The summed E-state index contributed by atoms with van der Waals surface area (Å²) in [4.78, 5) is 28.5. The number of nitrogens with one attached hydrogen (secondary N) is 1. The number of carbonyl (C=O) groups is 1. The van der Waals surface area contributed by atoms with Crippen LogP contribution < -0.4 is 5.56 Å². The highest BCUT2D eigenvalue weighted by Gasteiger charge is 2.04. The van der Waals surface area contributed by atoms with Crippen molar-refractivity contribution >= 4 is 5.97 Å². The van der Waals surface area contributed by atoms with Crippen LogP contribution in [0.15, 0.2) is 11.0 Å². The molecule has 5 heteroatoms. The summed E-state index contributed by atoms with van der Waals surface area (Å²) in [5, 5.41) is 8.47. The van der Waals surface area contributed by atoms with Crippen molar-refractivity contribution in [1.29, 1.82) is 0 Å². The van der Waals surface area contributed by atoms with Crippen LogP contribution in [-0.2, 0) is 17.6 Å². The van der Waals surface area contributed by atoms with Crippen LogP contribution in [0.25, 0.3) is 0 Å². The first kappa shape index (κ1) is 11.4. The van der Waals surface area contributed by atoms with Crippen molar-refractivity contribution in [2.24, 2.45) is 0 Å². The first-order valence-corrected chi connectivity index (χ1v) is 4.92. The normalized spacial score (nSPS) is 10.2. The van der Waals surface area contributed by atoms with E-state index in [4.69, 9.17) is 5.11 Å². The SMILES string of the molecule is CCCc1ncc(CCC(=O)O)c(=O)[nH]1. The van der Waals surface area contributed by atoms with Gasteiger partial charge in [0.15, 0.2) is 0 Å². The first-order valence-electron chi connectivity index (χ1n) is 4.92. The Labute approximate surface area is 87.2 Å². The Morgan fingerprint density at radius 3 is 2.80 bits per heavy atom. The zero-order valence-corrected chi connectivity index (χ0v) is 8.62. The molecular formula is C10H14N2O3. The number of aryl methyl sites for hydroxylation is 2. The Hall–Kier alpha value is -1.65. The predicted octanol–water partition coefficient (Wildman–Crippen LogP) is 0.740. The van der Waals surface area contributed by atoms with Crippen molar-refractivity contribution in [3.8, 4) is 0 Å². The molecule has 0 radical (unpaired) electrons. The number of hydrogen-bond donors (Lipinski definition) is 2. The van der Waals surface area contributed by atoms with Gasteiger partial charge in [0.2, 0.25) is 0 Å². The smallest absolute Gasteiger partial charge is 0.303 e. The number of aromatic nitrogens is 2. The minimum Gasteiger partial charge on any atom is -0.481 e. The van der Waals surface area contributed by atoms with Gasteiger partial charge in [0.1, 0.15) is 5.82 Å². The molecule has 0 amide bonds. The minimum atomic E-state index is -0.910. The van der Waals surface area contributed by atoms with Gasteiger partial charge in [0, 0.05) is 24.6 Å². The van der Waals surface area contributed by atoms with Crippen LogP contribution >= 0.6 is 0 Å². The third kappa shape index (κ3) is 3.53. The first-order chi connectivity index (χ1) is 7.13. The van der Waals surface area contributed by atoms with Gasteiger partial charge in [-0.05, 0) is 12.8 Å². The van der Waals surface area contributed by atoms with Crippen molar-refractivity contribution < 1.29 is 9.90 Å². The molecule has 0 saturated carbocycles. The van der Waals surface area contributed by atoms with E-state index in [1.54, 1.807) is 0 Å². The summed E-state index contributed by atoms with van der Waals surface area (Å²) in [6.07, 6.45) is 3.29. The lowest BCUT2D eigenvalue weighted by Gasteiger charge is -2.00. The molecule has 0 aliphatic heterocycles. The number of hydrogen-bond acceptors (Lipinski definition) is 3. The van der Waals surface area contributed by atoms with Crippen LogP contribution in [0.3, 0.4) is 0 Å². The third-order valence-corrected chi connectivity index (χ3v) is 2.02. The van der Waals surface area contributed by atoms with Crippen molar-refractivity contribution in [2.75, 3.05) is 0 Å². The van der Waals surface area contributed by atoms with E-state index in [1.807, 2.05) is 6.92 Å². The maximum Gasteiger partial charge on any atom is 0.303 e. The third-order valence-electron chi connectivity index (χ3n) is 2.02. The average molecular weight is 210 g/mol. The summed E-state index contributed by atoms with van der Waals surface area (Å²) in [6.45, 7) is 2.00. The van der Waals surface area contributed by atoms with E-state index < -0.39 is 5.97 Å². The summed E-state index contributed by atoms with van der Waals surface area (Å²) >= 11 is 0. The van der Waals surface area contributed by atoms with Crippen LogP contribution in [0.4, 0.5) is 0 Å². The summed E-state index contributed by atoms with van der Waals surface area (Å²) in [7, 11) is 0. The van der Waals surface area contributed by atoms with Gasteiger partial charge in [0.05, 0.1) is 0 Å². The fourth-order valence-electron chi connectivity index (χ4n) is 1.24. The molecule has 0 spiro atoms. The molecule has 1 aromatic rings. The highest BCUT2D eigenvalue weighted by Crippen LogP contribution is 1.97. The Morgan fingerprint density at radius 2 is 2.27 bits per heavy atom. The second-order valence-corrected chi connectivity index (χ2v) is 3.33. The molecule has 0 saturated heterocycles. The highest BCUT2D eigenvalue weighted by molar-refractivity contribution is 5.67. The van der Waals surface area contributed by atoms with Crippen molar-refractivity contribution in [3.63, 3.8) is 0 Å². The molecule has 0 fully saturated rings. The average Bonchev–Trinajstić information content (AvgIpc) is 2.17. The summed E-state index contributed by atoms with van der Waals surface area (Å²) < 4.78 is 0. The van der Waals surface area contributed by atoms with Crippen molar-refractivity contribution in [1.82, 2.24) is 9.97 Å². The monoisotopic (exact) mass is 210 g/mol. The van der Waals surface area contributed by atoms with Crippen LogP contribution in [-0.4, -0.2) is 21.0 Å². The van der Waals surface area contributed by atoms with E-state index in [1.165, 1.54) is 6.20 Å². The van der Waals surface area contributed by atoms with Crippen LogP contribution in [0, 0.1) is 0 Å². The molecule has 1 aromatic heterocycles. The van der Waals surface area contributed by atoms with E-state index in [0.29, 0.717) is 11.4 Å². The van der Waals surface area contributed by atoms with Gasteiger partial charge in [-0.15, -0.1) is 0 Å². The van der Waals surface area contributed by atoms with Gasteiger partial charge < -0.3 is 10.1 Å². The molecule has 82 valence electrons. The van der Waals surface area contributed by atoms with Gasteiger partial charge in [-0.25, -0.2) is 4.98 Å². The molecule has 0 aliphatic carbocycles. The second kappa shape index (κ2) is 5.29. The number of aromatic amines is 1. The summed E-state index contributed by atoms with van der Waals surface area (Å²) in [6, 6.07) is 0. The van der Waals surface area contributed by atoms with Gasteiger partial charge in [-0.1, -0.05) is 6.92 Å². The molecule has 0 unspecified atom stereocenters. The zero-order valence-electron chi connectivity index (χ0n) is 8.62. The number of carboxylic acids is 1. The molecule has 0 aromatic carbocycles. The molecule has 1 rings (SSSR count). The van der Waals surface area contributed by atoms with Gasteiger partial charge in [-0.2, -0.15) is 0 Å². The molecule has 15 heavy (non-hydrogen) atoms. The number of aliphatic carboxylic acids is 1. The fourth-order valence-corrected chi connectivity index (χ4v) is 1.24. The molecule has 5 nitrogen and oxygen atoms in total. The lowest BCUT2D eigenvalue weighted by Crippen LogP contribution is -2.17. The lowest BCUT2D eigenvalue weighted by molar-refractivity contribution is -0.136. The second-order valence-electron chi connectivity index (χ2n) is 3.33. The van der Waals surface area contributed by atoms with E-state index in [2.05, 4.69) is 9.97 Å².